The van der Waals surface area contributed by atoms with Gasteiger partial charge in [-0.05, 0) is 37.1 Å². The van der Waals surface area contributed by atoms with Gasteiger partial charge in [0.15, 0.2) is 5.78 Å². The van der Waals surface area contributed by atoms with Gasteiger partial charge in [0.25, 0.3) is 0 Å². The van der Waals surface area contributed by atoms with Crippen molar-refractivity contribution in [2.45, 2.75) is 30.9 Å². The van der Waals surface area contributed by atoms with Crippen LogP contribution in [0.5, 0.6) is 11.5 Å². The van der Waals surface area contributed by atoms with Crippen molar-refractivity contribution in [2.24, 2.45) is 0 Å². The molecule has 0 radical (unpaired) electrons. The molecule has 1 aliphatic heterocycles. The molecule has 4 rings (SSSR count). The SMILES string of the molecule is COC(=O)c1c(O)ccc2c1[C@H]1CCCC(=O)[C@@]1(Nc1ccccc1)O2. The van der Waals surface area contributed by atoms with E-state index in [2.05, 4.69) is 5.32 Å². The smallest absolute Gasteiger partial charge is 0.342 e. The Kier molecular flexibility index (Phi) is 3.83. The van der Waals surface area contributed by atoms with Crippen LogP contribution in [-0.2, 0) is 9.53 Å². The summed E-state index contributed by atoms with van der Waals surface area (Å²) in [5, 5.41) is 13.5. The zero-order chi connectivity index (χ0) is 18.3. The van der Waals surface area contributed by atoms with Gasteiger partial charge in [-0.15, -0.1) is 0 Å². The van der Waals surface area contributed by atoms with Gasteiger partial charge in [0, 0.05) is 17.7 Å². The second-order valence-electron chi connectivity index (χ2n) is 6.56. The largest absolute Gasteiger partial charge is 0.507 e. The Balaban J connectivity index is 1.86. The number of anilines is 1. The minimum absolute atomic E-state index is 0.0656. The Morgan fingerprint density at radius 2 is 2.04 bits per heavy atom. The number of aromatic hydroxyl groups is 1. The number of hydrogen-bond donors (Lipinski definition) is 2. The summed E-state index contributed by atoms with van der Waals surface area (Å²) in [5.74, 6) is -0.847. The van der Waals surface area contributed by atoms with E-state index in [4.69, 9.17) is 9.47 Å². The minimum atomic E-state index is -1.28. The van der Waals surface area contributed by atoms with Gasteiger partial charge in [-0.1, -0.05) is 18.2 Å². The summed E-state index contributed by atoms with van der Waals surface area (Å²) >= 11 is 0. The standard InChI is InChI=1S/C20H19NO5/c1-25-19(24)18-14(22)10-11-15-17(18)13-8-5-9-16(23)20(13,26-15)21-12-6-3-2-4-7-12/h2-4,6-7,10-11,13,21-22H,5,8-9H2,1H3/t13-,20+/m1/s1. The van der Waals surface area contributed by atoms with Crippen molar-refractivity contribution in [1.29, 1.82) is 0 Å². The molecule has 0 amide bonds. The summed E-state index contributed by atoms with van der Waals surface area (Å²) < 4.78 is 11.0. The van der Waals surface area contributed by atoms with Gasteiger partial charge < -0.3 is 19.9 Å². The minimum Gasteiger partial charge on any atom is -0.507 e. The molecule has 1 aliphatic carbocycles. The quantitative estimate of drug-likeness (QED) is 0.824. The van der Waals surface area contributed by atoms with E-state index in [1.165, 1.54) is 13.2 Å². The Morgan fingerprint density at radius 1 is 1.27 bits per heavy atom. The number of ether oxygens (including phenoxy) is 2. The van der Waals surface area contributed by atoms with Crippen molar-refractivity contribution in [1.82, 2.24) is 0 Å². The van der Waals surface area contributed by atoms with Gasteiger partial charge in [0.2, 0.25) is 5.72 Å². The Labute approximate surface area is 150 Å². The van der Waals surface area contributed by atoms with Crippen LogP contribution in [0.1, 0.15) is 41.1 Å². The zero-order valence-electron chi connectivity index (χ0n) is 14.3. The van der Waals surface area contributed by atoms with Crippen LogP contribution >= 0.6 is 0 Å². The van der Waals surface area contributed by atoms with Crippen molar-refractivity contribution in [2.75, 3.05) is 12.4 Å². The second kappa shape index (κ2) is 6.05. The molecule has 0 aromatic heterocycles. The van der Waals surface area contributed by atoms with Crippen LogP contribution in [0, 0.1) is 0 Å². The van der Waals surface area contributed by atoms with Crippen LogP contribution in [0.2, 0.25) is 0 Å². The average molecular weight is 353 g/mol. The molecule has 2 aliphatic rings. The number of ketones is 1. The van der Waals surface area contributed by atoms with Crippen molar-refractivity contribution in [3.05, 3.63) is 53.6 Å². The molecule has 2 aromatic carbocycles. The predicted molar refractivity (Wildman–Crippen MR) is 94.5 cm³/mol. The fourth-order valence-corrected chi connectivity index (χ4v) is 3.96. The van der Waals surface area contributed by atoms with E-state index in [1.807, 2.05) is 30.3 Å². The van der Waals surface area contributed by atoms with E-state index in [0.717, 1.165) is 5.69 Å². The maximum atomic E-state index is 12.9. The molecule has 2 aromatic rings. The number of phenols is 1. The Bertz CT molecular complexity index is 879. The summed E-state index contributed by atoms with van der Waals surface area (Å²) in [5.41, 5.74) is 0.0811. The number of esters is 1. The van der Waals surface area contributed by atoms with Gasteiger partial charge in [-0.25, -0.2) is 4.79 Å². The van der Waals surface area contributed by atoms with Crippen LogP contribution in [0.25, 0.3) is 0 Å². The molecule has 1 fully saturated rings. The highest BCUT2D eigenvalue weighted by Gasteiger charge is 2.57. The van der Waals surface area contributed by atoms with Crippen molar-refractivity contribution in [3.8, 4) is 11.5 Å². The molecule has 134 valence electrons. The first kappa shape index (κ1) is 16.4. The van der Waals surface area contributed by atoms with E-state index >= 15 is 0 Å². The van der Waals surface area contributed by atoms with Gasteiger partial charge in [-0.2, -0.15) is 0 Å². The molecule has 26 heavy (non-hydrogen) atoms. The molecular formula is C20H19NO5. The first-order chi connectivity index (χ1) is 12.6. The summed E-state index contributed by atoms with van der Waals surface area (Å²) in [6, 6.07) is 12.3. The number of phenolic OH excluding ortho intramolecular Hbond substituents is 1. The highest BCUT2D eigenvalue weighted by atomic mass is 16.5. The molecular weight excluding hydrogens is 334 g/mol. The first-order valence-corrected chi connectivity index (χ1v) is 8.56. The highest BCUT2D eigenvalue weighted by molar-refractivity contribution is 5.99. The summed E-state index contributed by atoms with van der Waals surface area (Å²) in [6.07, 6.45) is 1.75. The molecule has 0 unspecified atom stereocenters. The number of Topliss-reactive ketones (excluding diaryl/α,β-unsaturated/α-hetero) is 1. The van der Waals surface area contributed by atoms with Crippen molar-refractivity contribution >= 4 is 17.4 Å². The van der Waals surface area contributed by atoms with E-state index in [1.54, 1.807) is 6.07 Å². The second-order valence-corrected chi connectivity index (χ2v) is 6.56. The van der Waals surface area contributed by atoms with E-state index in [9.17, 15) is 14.7 Å². The Morgan fingerprint density at radius 3 is 2.77 bits per heavy atom. The molecule has 1 saturated carbocycles. The molecule has 6 heteroatoms. The van der Waals surface area contributed by atoms with Gasteiger partial charge in [0.1, 0.15) is 17.1 Å². The highest BCUT2D eigenvalue weighted by Crippen LogP contribution is 2.53. The normalized spacial score (nSPS) is 23.6. The van der Waals surface area contributed by atoms with Crippen LogP contribution < -0.4 is 10.1 Å². The number of nitrogens with one attached hydrogen (secondary N) is 1. The Hall–Kier alpha value is -3.02. The molecule has 0 saturated heterocycles. The molecule has 1 heterocycles. The topological polar surface area (TPSA) is 84.9 Å². The van der Waals surface area contributed by atoms with Crippen LogP contribution in [0.15, 0.2) is 42.5 Å². The van der Waals surface area contributed by atoms with E-state index in [0.29, 0.717) is 30.6 Å². The number of carbonyl (C=O) groups excluding carboxylic acids is 2. The van der Waals surface area contributed by atoms with Gasteiger partial charge >= 0.3 is 5.97 Å². The fourth-order valence-electron chi connectivity index (χ4n) is 3.96. The molecule has 0 spiro atoms. The van der Waals surface area contributed by atoms with Crippen LogP contribution in [0.4, 0.5) is 5.69 Å². The lowest BCUT2D eigenvalue weighted by Crippen LogP contribution is -2.55. The number of methoxy groups -OCH3 is 1. The average Bonchev–Trinajstić information content (AvgIpc) is 2.98. The predicted octanol–water partition coefficient (Wildman–Crippen LogP) is 3.22. The summed E-state index contributed by atoms with van der Waals surface area (Å²) in [6.45, 7) is 0. The zero-order valence-corrected chi connectivity index (χ0v) is 14.3. The maximum absolute atomic E-state index is 12.9. The van der Waals surface area contributed by atoms with Crippen LogP contribution in [-0.4, -0.2) is 29.7 Å². The first-order valence-electron chi connectivity index (χ1n) is 8.56. The third-order valence-corrected chi connectivity index (χ3v) is 5.10. The van der Waals surface area contributed by atoms with Crippen LogP contribution in [0.3, 0.4) is 0 Å². The third-order valence-electron chi connectivity index (χ3n) is 5.10. The number of para-hydroxylation sites is 1. The lowest BCUT2D eigenvalue weighted by atomic mass is 9.76. The van der Waals surface area contributed by atoms with Gasteiger partial charge in [-0.3, -0.25) is 4.79 Å². The lowest BCUT2D eigenvalue weighted by Gasteiger charge is -2.38. The number of fused-ring (bicyclic) bond motifs is 3. The van der Waals surface area contributed by atoms with Crippen molar-refractivity contribution < 1.29 is 24.2 Å². The summed E-state index contributed by atoms with van der Waals surface area (Å²) in [4.78, 5) is 25.2. The van der Waals surface area contributed by atoms with E-state index in [-0.39, 0.29) is 23.0 Å². The van der Waals surface area contributed by atoms with E-state index < -0.39 is 11.7 Å². The van der Waals surface area contributed by atoms with Gasteiger partial charge in [0.05, 0.1) is 13.0 Å². The number of carbonyl (C=O) groups is 2. The molecule has 2 N–H and O–H groups in total. The monoisotopic (exact) mass is 353 g/mol. The van der Waals surface area contributed by atoms with Crippen molar-refractivity contribution in [3.63, 3.8) is 0 Å². The number of benzene rings is 2. The number of hydrogen-bond acceptors (Lipinski definition) is 6. The molecule has 6 nitrogen and oxygen atoms in total. The third kappa shape index (κ3) is 2.33. The molecule has 0 bridgehead atoms. The fraction of sp³-hybridized carbons (Fsp3) is 0.300. The summed E-state index contributed by atoms with van der Waals surface area (Å²) in [7, 11) is 1.26. The lowest BCUT2D eigenvalue weighted by molar-refractivity contribution is -0.135. The molecule has 2 atom stereocenters. The number of rotatable bonds is 3. The maximum Gasteiger partial charge on any atom is 0.342 e.